The zero-order valence-corrected chi connectivity index (χ0v) is 18.7. The zero-order chi connectivity index (χ0) is 22.1. The summed E-state index contributed by atoms with van der Waals surface area (Å²) in [6.07, 6.45) is 0. The Morgan fingerprint density at radius 1 is 0.594 bits per heavy atom. The number of para-hydroxylation sites is 1. The van der Waals surface area contributed by atoms with E-state index < -0.39 is 0 Å². The van der Waals surface area contributed by atoms with Crippen molar-refractivity contribution in [3.8, 4) is 5.75 Å². The molecule has 0 fully saturated rings. The van der Waals surface area contributed by atoms with Crippen LogP contribution in [0.4, 0.5) is 11.4 Å². The summed E-state index contributed by atoms with van der Waals surface area (Å²) < 4.78 is 7.03. The van der Waals surface area contributed by atoms with Gasteiger partial charge < -0.3 is 14.5 Å². The number of likely N-dealkylation sites (N-methyl/N-ethyl adjacent to an activating group) is 1. The normalized spacial score (nSPS) is 11.2. The van der Waals surface area contributed by atoms with Gasteiger partial charge in [-0.25, -0.2) is 0 Å². The number of nitrogens with zero attached hydrogens (tertiary/aromatic N) is 1. The minimum Gasteiger partial charge on any atom is -0.488 e. The second-order valence-electron chi connectivity index (χ2n) is 8.49. The van der Waals surface area contributed by atoms with Crippen LogP contribution in [0.1, 0.15) is 11.1 Å². The van der Waals surface area contributed by atoms with Crippen LogP contribution >= 0.6 is 0 Å². The molecule has 0 aliphatic heterocycles. The predicted molar refractivity (Wildman–Crippen MR) is 133 cm³/mol. The number of benzene rings is 4. The van der Waals surface area contributed by atoms with E-state index in [0.717, 1.165) is 41.2 Å². The highest BCUT2D eigenvalue weighted by molar-refractivity contribution is 5.59. The minimum absolute atomic E-state index is 0.668. The molecule has 3 nitrogen and oxygen atoms in total. The number of quaternary nitrogens is 1. The van der Waals surface area contributed by atoms with E-state index in [-0.39, 0.29) is 0 Å². The van der Waals surface area contributed by atoms with Gasteiger partial charge in [-0.05, 0) is 36.4 Å². The van der Waals surface area contributed by atoms with Crippen LogP contribution in [0.15, 0.2) is 115 Å². The van der Waals surface area contributed by atoms with Gasteiger partial charge in [0.25, 0.3) is 0 Å². The third kappa shape index (κ3) is 6.47. The average Bonchev–Trinajstić information content (AvgIpc) is 2.82. The van der Waals surface area contributed by atoms with Crippen LogP contribution in [-0.4, -0.2) is 24.7 Å². The molecule has 0 spiro atoms. The Kier molecular flexibility index (Phi) is 7.21. The van der Waals surface area contributed by atoms with Crippen molar-refractivity contribution in [3.63, 3.8) is 0 Å². The third-order valence-electron chi connectivity index (χ3n) is 5.63. The summed E-state index contributed by atoms with van der Waals surface area (Å²) in [7, 11) is 2.32. The van der Waals surface area contributed by atoms with Gasteiger partial charge in [0.05, 0.1) is 7.05 Å². The monoisotopic (exact) mass is 423 g/mol. The number of hydrogen-bond acceptors (Lipinski definition) is 2. The summed E-state index contributed by atoms with van der Waals surface area (Å²) in [6.45, 7) is 3.54. The second-order valence-corrected chi connectivity index (χ2v) is 8.49. The molecule has 4 aromatic rings. The third-order valence-corrected chi connectivity index (χ3v) is 5.63. The van der Waals surface area contributed by atoms with Crippen LogP contribution in [-0.2, 0) is 13.1 Å². The summed E-state index contributed by atoms with van der Waals surface area (Å²) >= 11 is 0. The van der Waals surface area contributed by atoms with Crippen LogP contribution < -0.4 is 10.1 Å². The number of hydrogen-bond donors (Lipinski definition) is 1. The zero-order valence-electron chi connectivity index (χ0n) is 18.7. The Morgan fingerprint density at radius 3 is 1.59 bits per heavy atom. The first-order valence-corrected chi connectivity index (χ1v) is 11.1. The molecule has 3 heteroatoms. The molecular weight excluding hydrogens is 392 g/mol. The highest BCUT2D eigenvalue weighted by Crippen LogP contribution is 2.21. The lowest BCUT2D eigenvalue weighted by atomic mass is 10.1. The fraction of sp³-hybridized carbons (Fsp3) is 0.172. The maximum Gasteiger partial charge on any atom is 0.137 e. The maximum atomic E-state index is 6.14. The number of nitrogens with one attached hydrogen (secondary N) is 1. The Bertz CT molecular complexity index is 1020. The fourth-order valence-corrected chi connectivity index (χ4v) is 3.97. The van der Waals surface area contributed by atoms with Crippen molar-refractivity contribution in [2.45, 2.75) is 13.1 Å². The van der Waals surface area contributed by atoms with Crippen molar-refractivity contribution in [2.24, 2.45) is 0 Å². The molecule has 1 N–H and O–H groups in total. The van der Waals surface area contributed by atoms with Crippen molar-refractivity contribution >= 4 is 11.4 Å². The molecule has 0 saturated carbocycles. The van der Waals surface area contributed by atoms with Crippen LogP contribution in [0.25, 0.3) is 0 Å². The van der Waals surface area contributed by atoms with Crippen molar-refractivity contribution < 1.29 is 9.22 Å². The van der Waals surface area contributed by atoms with Crippen LogP contribution in [0.5, 0.6) is 5.75 Å². The van der Waals surface area contributed by atoms with Gasteiger partial charge in [-0.2, -0.15) is 0 Å². The summed E-state index contributed by atoms with van der Waals surface area (Å²) in [4.78, 5) is 0. The van der Waals surface area contributed by atoms with Crippen LogP contribution in [0, 0.1) is 0 Å². The first-order valence-electron chi connectivity index (χ1n) is 11.1. The quantitative estimate of drug-likeness (QED) is 0.288. The molecule has 4 aromatic carbocycles. The molecule has 0 radical (unpaired) electrons. The smallest absolute Gasteiger partial charge is 0.137 e. The number of ether oxygens (including phenoxy) is 1. The van der Waals surface area contributed by atoms with Crippen molar-refractivity contribution in [3.05, 3.63) is 126 Å². The first kappa shape index (κ1) is 21.7. The van der Waals surface area contributed by atoms with Crippen LogP contribution in [0.2, 0.25) is 0 Å². The van der Waals surface area contributed by atoms with E-state index in [9.17, 15) is 0 Å². The summed E-state index contributed by atoms with van der Waals surface area (Å²) in [5.41, 5.74) is 4.83. The Balaban J connectivity index is 1.37. The molecule has 162 valence electrons. The van der Waals surface area contributed by atoms with E-state index in [1.54, 1.807) is 0 Å². The lowest BCUT2D eigenvalue weighted by molar-refractivity contribution is -0.935. The molecule has 0 aliphatic rings. The topological polar surface area (TPSA) is 21.3 Å². The van der Waals surface area contributed by atoms with Gasteiger partial charge in [0.1, 0.15) is 32.0 Å². The molecule has 0 unspecified atom stereocenters. The SMILES string of the molecule is C[N+](CCOc1ccc(Nc2ccccc2)cc1)(Cc1ccccc1)Cc1ccccc1. The Labute approximate surface area is 191 Å². The Morgan fingerprint density at radius 2 is 1.06 bits per heavy atom. The standard InChI is InChI=1S/C29H31N2O/c1-31(23-25-11-5-2-6-12-25,24-26-13-7-3-8-14-26)21-22-32-29-19-17-28(18-20-29)30-27-15-9-4-10-16-27/h2-20,30H,21-24H2,1H3/q+1. The predicted octanol–water partition coefficient (Wildman–Crippen LogP) is 6.66. The van der Waals surface area contributed by atoms with E-state index in [1.165, 1.54) is 11.1 Å². The minimum atomic E-state index is 0.668. The molecule has 4 rings (SSSR count). The van der Waals surface area contributed by atoms with E-state index >= 15 is 0 Å². The highest BCUT2D eigenvalue weighted by Gasteiger charge is 2.23. The largest absolute Gasteiger partial charge is 0.488 e. The molecule has 0 bridgehead atoms. The van der Waals surface area contributed by atoms with Gasteiger partial charge in [-0.3, -0.25) is 0 Å². The van der Waals surface area contributed by atoms with E-state index in [0.29, 0.717) is 6.61 Å². The van der Waals surface area contributed by atoms with Crippen molar-refractivity contribution in [1.82, 2.24) is 0 Å². The van der Waals surface area contributed by atoms with Gasteiger partial charge in [0, 0.05) is 22.5 Å². The van der Waals surface area contributed by atoms with Gasteiger partial charge in [0.15, 0.2) is 0 Å². The molecule has 0 heterocycles. The van der Waals surface area contributed by atoms with Gasteiger partial charge >= 0.3 is 0 Å². The number of rotatable bonds is 10. The summed E-state index contributed by atoms with van der Waals surface area (Å²) in [5, 5.41) is 3.41. The van der Waals surface area contributed by atoms with Crippen LogP contribution in [0.3, 0.4) is 0 Å². The highest BCUT2D eigenvalue weighted by atomic mass is 16.5. The second kappa shape index (κ2) is 10.7. The lowest BCUT2D eigenvalue weighted by Crippen LogP contribution is -2.45. The van der Waals surface area contributed by atoms with E-state index in [1.807, 2.05) is 30.3 Å². The molecule has 0 aliphatic carbocycles. The molecule has 0 atom stereocenters. The maximum absolute atomic E-state index is 6.14. The first-order chi connectivity index (χ1) is 15.7. The Hall–Kier alpha value is -3.56. The van der Waals surface area contributed by atoms with Gasteiger partial charge in [-0.15, -0.1) is 0 Å². The van der Waals surface area contributed by atoms with E-state index in [4.69, 9.17) is 4.74 Å². The average molecular weight is 424 g/mol. The molecular formula is C29H31N2O+. The fourth-order valence-electron chi connectivity index (χ4n) is 3.97. The van der Waals surface area contributed by atoms with Crippen molar-refractivity contribution in [1.29, 1.82) is 0 Å². The molecule has 0 amide bonds. The number of anilines is 2. The van der Waals surface area contributed by atoms with Crippen molar-refractivity contribution in [2.75, 3.05) is 25.5 Å². The lowest BCUT2D eigenvalue weighted by Gasteiger charge is -2.35. The summed E-state index contributed by atoms with van der Waals surface area (Å²) in [6, 6.07) is 39.8. The van der Waals surface area contributed by atoms with E-state index in [2.05, 4.69) is 97.3 Å². The van der Waals surface area contributed by atoms with Gasteiger partial charge in [0.2, 0.25) is 0 Å². The summed E-state index contributed by atoms with van der Waals surface area (Å²) in [5.74, 6) is 0.898. The molecule has 0 aromatic heterocycles. The molecule has 0 saturated heterocycles. The molecule has 32 heavy (non-hydrogen) atoms. The van der Waals surface area contributed by atoms with Gasteiger partial charge in [-0.1, -0.05) is 78.9 Å².